The van der Waals surface area contributed by atoms with Gasteiger partial charge in [-0.15, -0.1) is 0 Å². The second-order valence-electron chi connectivity index (χ2n) is 12.4. The van der Waals surface area contributed by atoms with Gasteiger partial charge in [0.05, 0.1) is 0 Å². The van der Waals surface area contributed by atoms with E-state index in [1.807, 2.05) is 0 Å². The van der Waals surface area contributed by atoms with Crippen molar-refractivity contribution in [2.45, 2.75) is 81.2 Å². The van der Waals surface area contributed by atoms with Gasteiger partial charge in [0.15, 0.2) is 0 Å². The number of hydrogen-bond acceptors (Lipinski definition) is 0. The van der Waals surface area contributed by atoms with E-state index < -0.39 is 21.3 Å². The van der Waals surface area contributed by atoms with E-state index in [9.17, 15) is 0 Å². The van der Waals surface area contributed by atoms with Gasteiger partial charge in [0.1, 0.15) is 0 Å². The third kappa shape index (κ3) is 4.10. The van der Waals surface area contributed by atoms with Gasteiger partial charge < -0.3 is 0 Å². The monoisotopic (exact) mass is 691 g/mol. The zero-order valence-corrected chi connectivity index (χ0v) is 29.4. The van der Waals surface area contributed by atoms with Crippen LogP contribution in [0, 0.1) is 0 Å². The molecular formula is C31H41Cl2HfSi. The summed E-state index contributed by atoms with van der Waals surface area (Å²) in [6, 6.07) is 15.9. The SMILES string of the molecule is CC1=Cc2c(-c3ccc(C(C)(C)C)cc3)cccc2[CH]1[Hf]([Cl])([Cl])([CH]1C(C)=C(C)C(C)=C1C)[SiH](C)C. The van der Waals surface area contributed by atoms with Crippen molar-refractivity contribution in [3.05, 3.63) is 87.0 Å². The minimum absolute atomic E-state index is 0.146. The Balaban J connectivity index is 1.91. The first kappa shape index (κ1) is 27.4. The molecule has 4 rings (SSSR count). The first-order chi connectivity index (χ1) is 16.1. The van der Waals surface area contributed by atoms with Crippen molar-refractivity contribution in [2.24, 2.45) is 0 Å². The summed E-state index contributed by atoms with van der Waals surface area (Å²) in [6.07, 6.45) is 2.40. The first-order valence-corrected chi connectivity index (χ1v) is 35.1. The van der Waals surface area contributed by atoms with Crippen LogP contribution in [0.15, 0.2) is 70.3 Å². The third-order valence-electron chi connectivity index (χ3n) is 9.16. The molecule has 2 aromatic rings. The van der Waals surface area contributed by atoms with Crippen molar-refractivity contribution >= 4 is 29.2 Å². The summed E-state index contributed by atoms with van der Waals surface area (Å²) in [5, 5.41) is 0. The molecule has 0 radical (unpaired) electrons. The normalized spacial score (nSPS) is 20.4. The van der Waals surface area contributed by atoms with E-state index in [4.69, 9.17) is 17.2 Å². The number of benzene rings is 2. The van der Waals surface area contributed by atoms with Gasteiger partial charge in [-0.3, -0.25) is 0 Å². The second kappa shape index (κ2) is 8.97. The van der Waals surface area contributed by atoms with Crippen LogP contribution in [0.25, 0.3) is 17.2 Å². The van der Waals surface area contributed by atoms with Crippen LogP contribution in [0.4, 0.5) is 0 Å². The van der Waals surface area contributed by atoms with Crippen molar-refractivity contribution < 1.29 is 15.3 Å². The average Bonchev–Trinajstić information content (AvgIpc) is 3.22. The summed E-state index contributed by atoms with van der Waals surface area (Å²) in [6.45, 7) is 23.0. The molecule has 4 heteroatoms. The maximum absolute atomic E-state index is 8.19. The van der Waals surface area contributed by atoms with Gasteiger partial charge in [0.25, 0.3) is 0 Å². The van der Waals surface area contributed by atoms with Crippen LogP contribution in [-0.2, 0) is 20.7 Å². The molecule has 187 valence electrons. The van der Waals surface area contributed by atoms with Gasteiger partial charge in [-0.1, -0.05) is 0 Å². The Morgan fingerprint density at radius 3 is 1.80 bits per heavy atom. The molecule has 0 heterocycles. The average molecular weight is 691 g/mol. The molecule has 0 bridgehead atoms. The van der Waals surface area contributed by atoms with Crippen molar-refractivity contribution in [3.8, 4) is 11.1 Å². The molecule has 0 amide bonds. The predicted molar refractivity (Wildman–Crippen MR) is 158 cm³/mol. The van der Waals surface area contributed by atoms with Gasteiger partial charge in [0, 0.05) is 0 Å². The summed E-state index contributed by atoms with van der Waals surface area (Å²) in [5.41, 5.74) is 13.8. The zero-order valence-electron chi connectivity index (χ0n) is 23.1. The third-order valence-corrected chi connectivity index (χ3v) is 83.0. The molecule has 2 aliphatic carbocycles. The van der Waals surface area contributed by atoms with Crippen LogP contribution in [0.2, 0.25) is 16.8 Å². The molecule has 1 atom stereocenters. The molecule has 0 fully saturated rings. The summed E-state index contributed by atoms with van der Waals surface area (Å²) >= 11 is -4.59. The fourth-order valence-corrected chi connectivity index (χ4v) is 55.4. The number of rotatable bonds is 4. The molecular weight excluding hydrogens is 650 g/mol. The molecule has 0 saturated heterocycles. The van der Waals surface area contributed by atoms with E-state index in [-0.39, 0.29) is 12.8 Å². The second-order valence-corrected chi connectivity index (χ2v) is 71.7. The Bertz CT molecular complexity index is 1260. The van der Waals surface area contributed by atoms with Crippen LogP contribution in [-0.4, -0.2) is 5.98 Å². The van der Waals surface area contributed by atoms with Crippen LogP contribution >= 0.6 is 17.2 Å². The van der Waals surface area contributed by atoms with Gasteiger partial charge in [-0.25, -0.2) is 0 Å². The minimum atomic E-state index is -4.59. The topological polar surface area (TPSA) is 0 Å². The van der Waals surface area contributed by atoms with Crippen LogP contribution in [0.5, 0.6) is 0 Å². The Hall–Kier alpha value is -0.673. The van der Waals surface area contributed by atoms with E-state index in [0.717, 1.165) is 0 Å². The molecule has 0 spiro atoms. The molecule has 0 saturated carbocycles. The predicted octanol–water partition coefficient (Wildman–Crippen LogP) is 10.6. The van der Waals surface area contributed by atoms with E-state index in [0.29, 0.717) is 0 Å². The fourth-order valence-electron chi connectivity index (χ4n) is 6.70. The standard InChI is InChI=1S/C20H21.C9H13.C2H7Si.2ClH.Hf/c1-14-12-16-6-5-7-18(19(16)13-14)15-8-10-17(11-9-15)20(2,3)4;1-6-5-7(2)9(4)8(6)3;1-3-2;;;/h5-13H,1-4H3;5H,1-4H3;3H,1-2H3;2*1H;/q;;;;;+2/p-2. The summed E-state index contributed by atoms with van der Waals surface area (Å²) in [7, 11) is 16.4. The quantitative estimate of drug-likeness (QED) is 0.280. The summed E-state index contributed by atoms with van der Waals surface area (Å²) in [5.74, 6) is -1.42. The molecule has 35 heavy (non-hydrogen) atoms. The summed E-state index contributed by atoms with van der Waals surface area (Å²) in [4.78, 5) is 0. The molecule has 0 N–H and O–H groups in total. The zero-order chi connectivity index (χ0) is 26.1. The molecule has 0 aromatic heterocycles. The van der Waals surface area contributed by atoms with E-state index in [2.05, 4.69) is 117 Å². The van der Waals surface area contributed by atoms with E-state index in [1.54, 1.807) is 0 Å². The Kier molecular flexibility index (Phi) is 7.01. The number of fused-ring (bicyclic) bond motifs is 1. The van der Waals surface area contributed by atoms with Crippen LogP contribution < -0.4 is 0 Å². The first-order valence-electron chi connectivity index (χ1n) is 12.9. The van der Waals surface area contributed by atoms with Crippen LogP contribution in [0.1, 0.15) is 75.8 Å². The Morgan fingerprint density at radius 1 is 0.771 bits per heavy atom. The van der Waals surface area contributed by atoms with Gasteiger partial charge in [-0.05, 0) is 0 Å². The van der Waals surface area contributed by atoms with Gasteiger partial charge >= 0.3 is 224 Å². The van der Waals surface area contributed by atoms with Gasteiger partial charge in [-0.2, -0.15) is 0 Å². The van der Waals surface area contributed by atoms with Gasteiger partial charge in [0.2, 0.25) is 0 Å². The summed E-state index contributed by atoms with van der Waals surface area (Å²) < 4.78 is 0.426. The van der Waals surface area contributed by atoms with Crippen molar-refractivity contribution in [1.29, 1.82) is 0 Å². The number of allylic oxidation sites excluding steroid dienone is 5. The Labute approximate surface area is 222 Å². The van der Waals surface area contributed by atoms with Crippen molar-refractivity contribution in [2.75, 3.05) is 0 Å². The van der Waals surface area contributed by atoms with Crippen molar-refractivity contribution in [1.82, 2.24) is 0 Å². The fraction of sp³-hybridized carbons (Fsp3) is 0.419. The van der Waals surface area contributed by atoms with Crippen LogP contribution in [0.3, 0.4) is 0 Å². The van der Waals surface area contributed by atoms with Crippen molar-refractivity contribution in [3.63, 3.8) is 0 Å². The number of halogens is 2. The number of hydrogen-bond donors (Lipinski definition) is 0. The molecule has 1 unspecified atom stereocenters. The van der Waals surface area contributed by atoms with E-state index >= 15 is 0 Å². The molecule has 0 aliphatic heterocycles. The molecule has 0 nitrogen and oxygen atoms in total. The van der Waals surface area contributed by atoms with E-state index in [1.165, 1.54) is 55.7 Å². The molecule has 2 aliphatic rings. The maximum atomic E-state index is 8.19. The Morgan fingerprint density at radius 2 is 1.31 bits per heavy atom. The molecule has 2 aromatic carbocycles.